The third-order valence-corrected chi connectivity index (χ3v) is 3.10. The van der Waals surface area contributed by atoms with Gasteiger partial charge in [0.25, 0.3) is 0 Å². The first-order chi connectivity index (χ1) is 6.29. The third kappa shape index (κ3) is 4.97. The summed E-state index contributed by atoms with van der Waals surface area (Å²) in [4.78, 5) is 2.38. The van der Waals surface area contributed by atoms with E-state index in [1.165, 1.54) is 6.42 Å². The van der Waals surface area contributed by atoms with Crippen LogP contribution in [0, 0.1) is 5.41 Å². The van der Waals surface area contributed by atoms with Gasteiger partial charge in [-0.2, -0.15) is 0 Å². The van der Waals surface area contributed by atoms with Gasteiger partial charge < -0.3 is 10.6 Å². The number of nitrogens with zero attached hydrogens (tertiary/aromatic N) is 1. The Kier molecular flexibility index (Phi) is 5.68. The van der Waals surface area contributed by atoms with Crippen LogP contribution in [-0.4, -0.2) is 30.6 Å². The number of hydrogen-bond donors (Lipinski definition) is 1. The molecule has 0 aliphatic heterocycles. The Bertz CT molecular complexity index is 149. The minimum absolute atomic E-state index is 0.329. The number of likely N-dealkylation sites (N-methyl/N-ethyl adjacent to an activating group) is 1. The van der Waals surface area contributed by atoms with Gasteiger partial charge in [0, 0.05) is 18.6 Å². The van der Waals surface area contributed by atoms with Crippen LogP contribution in [-0.2, 0) is 0 Å². The van der Waals surface area contributed by atoms with Crippen LogP contribution in [0.4, 0.5) is 0 Å². The van der Waals surface area contributed by atoms with Gasteiger partial charge in [-0.15, -0.1) is 0 Å². The van der Waals surface area contributed by atoms with Crippen molar-refractivity contribution in [2.24, 2.45) is 11.1 Å². The van der Waals surface area contributed by atoms with Crippen LogP contribution < -0.4 is 5.73 Å². The van der Waals surface area contributed by atoms with E-state index in [9.17, 15) is 0 Å². The summed E-state index contributed by atoms with van der Waals surface area (Å²) in [6.07, 6.45) is 2.31. The molecule has 2 unspecified atom stereocenters. The average Bonchev–Trinajstić information content (AvgIpc) is 2.01. The molecule has 0 bridgehead atoms. The first-order valence-corrected chi connectivity index (χ1v) is 5.74. The SMILES string of the molecule is CCCC(N)CN(C)C(C)C(C)(C)C. The van der Waals surface area contributed by atoms with E-state index < -0.39 is 0 Å². The Morgan fingerprint density at radius 2 is 1.79 bits per heavy atom. The highest BCUT2D eigenvalue weighted by atomic mass is 15.1. The van der Waals surface area contributed by atoms with Gasteiger partial charge in [0.1, 0.15) is 0 Å². The molecule has 0 saturated carbocycles. The van der Waals surface area contributed by atoms with Crippen molar-refractivity contribution in [3.8, 4) is 0 Å². The van der Waals surface area contributed by atoms with Crippen LogP contribution in [0.25, 0.3) is 0 Å². The summed E-state index contributed by atoms with van der Waals surface area (Å²) in [7, 11) is 2.17. The molecule has 2 heteroatoms. The minimum atomic E-state index is 0.329. The summed E-state index contributed by atoms with van der Waals surface area (Å²) in [5, 5.41) is 0. The highest BCUT2D eigenvalue weighted by Gasteiger charge is 2.24. The quantitative estimate of drug-likeness (QED) is 0.739. The van der Waals surface area contributed by atoms with Crippen LogP contribution in [0.5, 0.6) is 0 Å². The molecule has 0 heterocycles. The fraction of sp³-hybridized carbons (Fsp3) is 1.00. The molecule has 0 radical (unpaired) electrons. The van der Waals surface area contributed by atoms with Gasteiger partial charge in [0.15, 0.2) is 0 Å². The van der Waals surface area contributed by atoms with Crippen molar-refractivity contribution in [1.29, 1.82) is 0 Å². The zero-order valence-corrected chi connectivity index (χ0v) is 10.8. The molecule has 0 aliphatic rings. The predicted molar refractivity (Wildman–Crippen MR) is 64.4 cm³/mol. The van der Waals surface area contributed by atoms with Crippen molar-refractivity contribution in [2.45, 2.75) is 59.5 Å². The van der Waals surface area contributed by atoms with Crippen LogP contribution in [0.2, 0.25) is 0 Å². The molecular weight excluding hydrogens is 172 g/mol. The van der Waals surface area contributed by atoms with Crippen LogP contribution in [0.3, 0.4) is 0 Å². The van der Waals surface area contributed by atoms with E-state index in [4.69, 9.17) is 5.73 Å². The lowest BCUT2D eigenvalue weighted by Gasteiger charge is -2.36. The molecule has 14 heavy (non-hydrogen) atoms. The molecule has 0 aromatic rings. The summed E-state index contributed by atoms with van der Waals surface area (Å²) < 4.78 is 0. The van der Waals surface area contributed by atoms with Crippen molar-refractivity contribution in [3.05, 3.63) is 0 Å². The fourth-order valence-corrected chi connectivity index (χ4v) is 1.65. The van der Waals surface area contributed by atoms with Crippen molar-refractivity contribution in [2.75, 3.05) is 13.6 Å². The van der Waals surface area contributed by atoms with Gasteiger partial charge in [-0.1, -0.05) is 34.1 Å². The molecule has 2 atom stereocenters. The maximum absolute atomic E-state index is 6.02. The van der Waals surface area contributed by atoms with Gasteiger partial charge in [0.2, 0.25) is 0 Å². The average molecular weight is 200 g/mol. The zero-order chi connectivity index (χ0) is 11.4. The van der Waals surface area contributed by atoms with Crippen LogP contribution in [0.15, 0.2) is 0 Å². The summed E-state index contributed by atoms with van der Waals surface area (Å²) in [6.45, 7) is 12.3. The molecule has 0 aromatic heterocycles. The Labute approximate surface area is 89.9 Å². The van der Waals surface area contributed by atoms with E-state index in [0.717, 1.165) is 13.0 Å². The highest BCUT2D eigenvalue weighted by molar-refractivity contribution is 4.79. The first-order valence-electron chi connectivity index (χ1n) is 5.74. The molecule has 0 fully saturated rings. The molecule has 0 rings (SSSR count). The van der Waals surface area contributed by atoms with E-state index in [0.29, 0.717) is 17.5 Å². The van der Waals surface area contributed by atoms with Gasteiger partial charge in [0.05, 0.1) is 0 Å². The maximum Gasteiger partial charge on any atom is 0.0167 e. The Morgan fingerprint density at radius 1 is 1.29 bits per heavy atom. The van der Waals surface area contributed by atoms with E-state index in [1.54, 1.807) is 0 Å². The monoisotopic (exact) mass is 200 g/mol. The Balaban J connectivity index is 4.01. The summed E-state index contributed by atoms with van der Waals surface area (Å²) in [5.41, 5.74) is 6.36. The molecule has 0 saturated heterocycles. The number of rotatable bonds is 5. The van der Waals surface area contributed by atoms with Crippen molar-refractivity contribution in [3.63, 3.8) is 0 Å². The molecule has 86 valence electrons. The minimum Gasteiger partial charge on any atom is -0.327 e. The van der Waals surface area contributed by atoms with Crippen LogP contribution in [0.1, 0.15) is 47.5 Å². The summed E-state index contributed by atoms with van der Waals surface area (Å²) in [6, 6.07) is 0.903. The van der Waals surface area contributed by atoms with E-state index in [1.807, 2.05) is 0 Å². The molecule has 0 aromatic carbocycles. The Hall–Kier alpha value is -0.0800. The maximum atomic E-state index is 6.02. The van der Waals surface area contributed by atoms with Crippen molar-refractivity contribution >= 4 is 0 Å². The summed E-state index contributed by atoms with van der Waals surface area (Å²) in [5.74, 6) is 0. The van der Waals surface area contributed by atoms with E-state index in [2.05, 4.69) is 46.6 Å². The topological polar surface area (TPSA) is 29.3 Å². The lowest BCUT2D eigenvalue weighted by Crippen LogP contribution is -2.45. The van der Waals surface area contributed by atoms with E-state index in [-0.39, 0.29) is 0 Å². The largest absolute Gasteiger partial charge is 0.327 e. The number of hydrogen-bond acceptors (Lipinski definition) is 2. The molecule has 2 nitrogen and oxygen atoms in total. The second-order valence-electron chi connectivity index (χ2n) is 5.53. The van der Waals surface area contributed by atoms with Gasteiger partial charge in [-0.3, -0.25) is 0 Å². The lowest BCUT2D eigenvalue weighted by molar-refractivity contribution is 0.133. The zero-order valence-electron chi connectivity index (χ0n) is 10.8. The predicted octanol–water partition coefficient (Wildman–Crippen LogP) is 2.48. The van der Waals surface area contributed by atoms with E-state index >= 15 is 0 Å². The molecule has 2 N–H and O–H groups in total. The normalized spacial score (nSPS) is 17.1. The highest BCUT2D eigenvalue weighted by Crippen LogP contribution is 2.22. The van der Waals surface area contributed by atoms with Gasteiger partial charge in [-0.05, 0) is 25.8 Å². The second-order valence-corrected chi connectivity index (χ2v) is 5.53. The standard InChI is InChI=1S/C12H28N2/c1-7-8-11(13)9-14(6)10(2)12(3,4)5/h10-11H,7-9,13H2,1-6H3. The molecule has 0 aliphatic carbocycles. The molecule has 0 spiro atoms. The smallest absolute Gasteiger partial charge is 0.0167 e. The lowest BCUT2D eigenvalue weighted by atomic mass is 9.87. The van der Waals surface area contributed by atoms with Gasteiger partial charge >= 0.3 is 0 Å². The Morgan fingerprint density at radius 3 is 2.14 bits per heavy atom. The number of nitrogens with two attached hydrogens (primary N) is 1. The van der Waals surface area contributed by atoms with Crippen molar-refractivity contribution in [1.82, 2.24) is 4.90 Å². The molecule has 0 amide bonds. The summed E-state index contributed by atoms with van der Waals surface area (Å²) >= 11 is 0. The van der Waals surface area contributed by atoms with Crippen LogP contribution >= 0.6 is 0 Å². The fourth-order valence-electron chi connectivity index (χ4n) is 1.65. The third-order valence-electron chi connectivity index (χ3n) is 3.10. The van der Waals surface area contributed by atoms with Crippen molar-refractivity contribution < 1.29 is 0 Å². The van der Waals surface area contributed by atoms with Gasteiger partial charge in [-0.25, -0.2) is 0 Å². The second kappa shape index (κ2) is 5.72. The first kappa shape index (κ1) is 13.9. The molecular formula is C12H28N2.